The van der Waals surface area contributed by atoms with E-state index in [-0.39, 0.29) is 0 Å². The van der Waals surface area contributed by atoms with E-state index in [0.29, 0.717) is 6.61 Å². The first-order valence-electron chi connectivity index (χ1n) is 9.65. The number of hydrogen-bond acceptors (Lipinski definition) is 1. The van der Waals surface area contributed by atoms with Gasteiger partial charge in [-0.05, 0) is 36.3 Å². The molecule has 1 saturated carbocycles. The molecule has 0 unspecified atom stereocenters. The van der Waals surface area contributed by atoms with Crippen LogP contribution in [0.3, 0.4) is 0 Å². The molecule has 128 valence electrons. The Morgan fingerprint density at radius 2 is 1.74 bits per heavy atom. The molecule has 0 atom stereocenters. The molecule has 1 fully saturated rings. The van der Waals surface area contributed by atoms with Crippen LogP contribution in [0.5, 0.6) is 5.75 Å². The summed E-state index contributed by atoms with van der Waals surface area (Å²) in [6.07, 6.45) is 15.8. The van der Waals surface area contributed by atoms with Gasteiger partial charge in [0.1, 0.15) is 12.4 Å². The summed E-state index contributed by atoms with van der Waals surface area (Å²) >= 11 is 0. The molecule has 0 spiro atoms. The number of ether oxygens (including phenoxy) is 1. The molecule has 0 radical (unpaired) electrons. The van der Waals surface area contributed by atoms with Crippen molar-refractivity contribution < 1.29 is 4.74 Å². The molecule has 0 heterocycles. The third-order valence-corrected chi connectivity index (χ3v) is 5.33. The Morgan fingerprint density at radius 3 is 2.43 bits per heavy atom. The Hall–Kier alpha value is -1.24. The molecule has 1 aromatic rings. The standard InChI is InChI=1S/C22H34O/c1-3-5-6-9-19-12-14-20(15-13-19)16-17-21-10-7-8-11-22(21)23-18-4-2/h4,7-8,10-11,19-20H,2-3,5-6,9,12-18H2,1H3/t19-,20-. The van der Waals surface area contributed by atoms with Crippen molar-refractivity contribution in [2.45, 2.75) is 71.1 Å². The predicted molar refractivity (Wildman–Crippen MR) is 100 cm³/mol. The second-order valence-electron chi connectivity index (χ2n) is 7.13. The average molecular weight is 315 g/mol. The van der Waals surface area contributed by atoms with E-state index in [1.165, 1.54) is 63.4 Å². The topological polar surface area (TPSA) is 9.23 Å². The van der Waals surface area contributed by atoms with Crippen LogP contribution in [0, 0.1) is 11.8 Å². The number of benzene rings is 1. The van der Waals surface area contributed by atoms with Crippen molar-refractivity contribution in [2.24, 2.45) is 11.8 Å². The highest BCUT2D eigenvalue weighted by atomic mass is 16.5. The minimum absolute atomic E-state index is 0.597. The lowest BCUT2D eigenvalue weighted by molar-refractivity contribution is 0.248. The molecule has 1 aliphatic carbocycles. The molecule has 0 bridgehead atoms. The van der Waals surface area contributed by atoms with E-state index in [4.69, 9.17) is 4.74 Å². The summed E-state index contributed by atoms with van der Waals surface area (Å²) in [5, 5.41) is 0. The predicted octanol–water partition coefficient (Wildman–Crippen LogP) is 6.57. The Bertz CT molecular complexity index is 443. The average Bonchev–Trinajstić information content (AvgIpc) is 2.60. The van der Waals surface area contributed by atoms with Gasteiger partial charge < -0.3 is 4.74 Å². The van der Waals surface area contributed by atoms with E-state index in [1.807, 2.05) is 6.08 Å². The van der Waals surface area contributed by atoms with Gasteiger partial charge >= 0.3 is 0 Å². The van der Waals surface area contributed by atoms with Crippen molar-refractivity contribution in [3.63, 3.8) is 0 Å². The molecule has 0 saturated heterocycles. The van der Waals surface area contributed by atoms with E-state index >= 15 is 0 Å². The highest BCUT2D eigenvalue weighted by Crippen LogP contribution is 2.34. The molecule has 0 aliphatic heterocycles. The van der Waals surface area contributed by atoms with Gasteiger partial charge in [0.2, 0.25) is 0 Å². The summed E-state index contributed by atoms with van der Waals surface area (Å²) in [7, 11) is 0. The highest BCUT2D eigenvalue weighted by molar-refractivity contribution is 5.33. The van der Waals surface area contributed by atoms with Gasteiger partial charge in [0.05, 0.1) is 0 Å². The largest absolute Gasteiger partial charge is 0.489 e. The zero-order chi connectivity index (χ0) is 16.3. The van der Waals surface area contributed by atoms with Gasteiger partial charge in [-0.2, -0.15) is 0 Å². The number of para-hydroxylation sites is 1. The summed E-state index contributed by atoms with van der Waals surface area (Å²) in [6, 6.07) is 8.49. The van der Waals surface area contributed by atoms with Crippen molar-refractivity contribution in [3.05, 3.63) is 42.5 Å². The molecule has 0 N–H and O–H groups in total. The quantitative estimate of drug-likeness (QED) is 0.350. The summed E-state index contributed by atoms with van der Waals surface area (Å²) in [4.78, 5) is 0. The van der Waals surface area contributed by atoms with Crippen LogP contribution in [0.4, 0.5) is 0 Å². The number of unbranched alkanes of at least 4 members (excludes halogenated alkanes) is 2. The fourth-order valence-electron chi connectivity index (χ4n) is 3.85. The summed E-state index contributed by atoms with van der Waals surface area (Å²) in [5.41, 5.74) is 1.36. The monoisotopic (exact) mass is 314 g/mol. The maximum Gasteiger partial charge on any atom is 0.122 e. The molecule has 1 aliphatic rings. The molecule has 1 nitrogen and oxygen atoms in total. The lowest BCUT2D eigenvalue weighted by Crippen LogP contribution is -2.15. The Balaban J connectivity index is 1.72. The molecule has 23 heavy (non-hydrogen) atoms. The zero-order valence-corrected chi connectivity index (χ0v) is 14.9. The van der Waals surface area contributed by atoms with Crippen LogP contribution >= 0.6 is 0 Å². The van der Waals surface area contributed by atoms with E-state index in [2.05, 4.69) is 37.8 Å². The summed E-state index contributed by atoms with van der Waals surface area (Å²) in [6.45, 7) is 6.63. The van der Waals surface area contributed by atoms with Crippen LogP contribution in [-0.4, -0.2) is 6.61 Å². The third-order valence-electron chi connectivity index (χ3n) is 5.33. The molecular weight excluding hydrogens is 280 g/mol. The fraction of sp³-hybridized carbons (Fsp3) is 0.636. The third kappa shape index (κ3) is 6.41. The second kappa shape index (κ2) is 10.5. The molecule has 1 heteroatoms. The zero-order valence-electron chi connectivity index (χ0n) is 14.9. The first kappa shape index (κ1) is 18.1. The van der Waals surface area contributed by atoms with Crippen LogP contribution < -0.4 is 4.74 Å². The van der Waals surface area contributed by atoms with Crippen LogP contribution in [0.25, 0.3) is 0 Å². The Labute approximate surface area is 143 Å². The minimum Gasteiger partial charge on any atom is -0.489 e. The molecule has 0 aromatic heterocycles. The van der Waals surface area contributed by atoms with Gasteiger partial charge in [-0.25, -0.2) is 0 Å². The van der Waals surface area contributed by atoms with Crippen molar-refractivity contribution in [2.75, 3.05) is 6.61 Å². The molecule has 0 amide bonds. The van der Waals surface area contributed by atoms with Crippen LogP contribution in [0.2, 0.25) is 0 Å². The summed E-state index contributed by atoms with van der Waals surface area (Å²) in [5.74, 6) is 2.98. The fourth-order valence-corrected chi connectivity index (χ4v) is 3.85. The highest BCUT2D eigenvalue weighted by Gasteiger charge is 2.20. The van der Waals surface area contributed by atoms with E-state index in [1.54, 1.807) is 0 Å². The number of aryl methyl sites for hydroxylation is 1. The summed E-state index contributed by atoms with van der Waals surface area (Å²) < 4.78 is 5.78. The first-order chi connectivity index (χ1) is 11.3. The maximum atomic E-state index is 5.78. The molecular formula is C22H34O. The van der Waals surface area contributed by atoms with Crippen molar-refractivity contribution in [1.29, 1.82) is 0 Å². The Kier molecular flexibility index (Phi) is 8.28. The second-order valence-corrected chi connectivity index (χ2v) is 7.13. The van der Waals surface area contributed by atoms with Crippen molar-refractivity contribution in [1.82, 2.24) is 0 Å². The SMILES string of the molecule is C=CCOc1ccccc1CC[C@H]1CC[C@H](CCCCC)CC1. The van der Waals surface area contributed by atoms with E-state index < -0.39 is 0 Å². The van der Waals surface area contributed by atoms with Crippen LogP contribution in [0.1, 0.15) is 70.3 Å². The van der Waals surface area contributed by atoms with E-state index in [0.717, 1.165) is 24.0 Å². The minimum atomic E-state index is 0.597. The van der Waals surface area contributed by atoms with Gasteiger partial charge in [-0.1, -0.05) is 89.1 Å². The normalized spacial score (nSPS) is 21.1. The van der Waals surface area contributed by atoms with Crippen LogP contribution in [0.15, 0.2) is 36.9 Å². The van der Waals surface area contributed by atoms with Gasteiger partial charge in [-0.15, -0.1) is 0 Å². The lowest BCUT2D eigenvalue weighted by Gasteiger charge is -2.28. The van der Waals surface area contributed by atoms with Crippen LogP contribution in [-0.2, 0) is 6.42 Å². The van der Waals surface area contributed by atoms with Crippen molar-refractivity contribution in [3.8, 4) is 5.75 Å². The first-order valence-corrected chi connectivity index (χ1v) is 9.65. The van der Waals surface area contributed by atoms with Gasteiger partial charge in [0.15, 0.2) is 0 Å². The molecule has 2 rings (SSSR count). The van der Waals surface area contributed by atoms with Crippen molar-refractivity contribution >= 4 is 0 Å². The van der Waals surface area contributed by atoms with E-state index in [9.17, 15) is 0 Å². The van der Waals surface area contributed by atoms with Gasteiger partial charge in [0, 0.05) is 0 Å². The Morgan fingerprint density at radius 1 is 1.04 bits per heavy atom. The lowest BCUT2D eigenvalue weighted by atomic mass is 9.78. The maximum absolute atomic E-state index is 5.78. The smallest absolute Gasteiger partial charge is 0.122 e. The number of rotatable bonds is 10. The van der Waals surface area contributed by atoms with Gasteiger partial charge in [-0.3, -0.25) is 0 Å². The van der Waals surface area contributed by atoms with Gasteiger partial charge in [0.25, 0.3) is 0 Å². The molecule has 1 aromatic carbocycles. The number of hydrogen-bond donors (Lipinski definition) is 0.